The van der Waals surface area contributed by atoms with Crippen molar-refractivity contribution < 1.29 is 4.74 Å². The average molecular weight is 255 g/mol. The van der Waals surface area contributed by atoms with E-state index >= 15 is 0 Å². The predicted octanol–water partition coefficient (Wildman–Crippen LogP) is 3.64. The number of rotatable bonds is 0. The number of halogens is 1. The van der Waals surface area contributed by atoms with Crippen LogP contribution < -0.4 is 4.74 Å². The topological polar surface area (TPSA) is 9.23 Å². The van der Waals surface area contributed by atoms with Crippen LogP contribution in [-0.2, 0) is 11.8 Å². The molecule has 2 heteroatoms. The first-order valence-corrected chi connectivity index (χ1v) is 5.82. The highest BCUT2D eigenvalue weighted by Crippen LogP contribution is 2.34. The van der Waals surface area contributed by atoms with Crippen molar-refractivity contribution in [1.82, 2.24) is 0 Å². The van der Waals surface area contributed by atoms with E-state index < -0.39 is 0 Å². The van der Waals surface area contributed by atoms with Crippen LogP contribution in [0.25, 0.3) is 0 Å². The van der Waals surface area contributed by atoms with Crippen molar-refractivity contribution in [3.05, 3.63) is 29.3 Å². The number of hydrogen-bond donors (Lipinski definition) is 0. The van der Waals surface area contributed by atoms with Gasteiger partial charge in [-0.05, 0) is 38.5 Å². The molecule has 0 saturated carbocycles. The van der Waals surface area contributed by atoms with Crippen LogP contribution in [0.3, 0.4) is 0 Å². The van der Waals surface area contributed by atoms with Gasteiger partial charge in [0.05, 0.1) is 0 Å². The second-order valence-electron chi connectivity index (χ2n) is 4.80. The van der Waals surface area contributed by atoms with Crippen LogP contribution in [0.2, 0.25) is 0 Å². The molecule has 1 aliphatic heterocycles. The third-order valence-electron chi connectivity index (χ3n) is 2.56. The Labute approximate surface area is 93.6 Å². The fourth-order valence-corrected chi connectivity index (χ4v) is 2.22. The lowest BCUT2D eigenvalue weighted by molar-refractivity contribution is 0.329. The molecular formula is C12H15BrO. The van der Waals surface area contributed by atoms with Crippen molar-refractivity contribution in [3.8, 4) is 5.75 Å². The summed E-state index contributed by atoms with van der Waals surface area (Å²) in [7, 11) is 0. The Morgan fingerprint density at radius 2 is 2.07 bits per heavy atom. The van der Waals surface area contributed by atoms with E-state index in [2.05, 4.69) is 54.9 Å². The molecule has 0 amide bonds. The third-order valence-corrected chi connectivity index (χ3v) is 3.07. The Kier molecular flexibility index (Phi) is 2.34. The first-order chi connectivity index (χ1) is 6.47. The van der Waals surface area contributed by atoms with E-state index in [0.29, 0.717) is 0 Å². The first-order valence-electron chi connectivity index (χ1n) is 4.91. The zero-order valence-electron chi connectivity index (χ0n) is 8.80. The summed E-state index contributed by atoms with van der Waals surface area (Å²) in [5.41, 5.74) is 2.92. The smallest absolute Gasteiger partial charge is 0.157 e. The highest BCUT2D eigenvalue weighted by atomic mass is 79.9. The molecule has 0 aromatic heterocycles. The number of ether oxygens (including phenoxy) is 1. The van der Waals surface area contributed by atoms with Crippen LogP contribution in [0.5, 0.6) is 5.75 Å². The van der Waals surface area contributed by atoms with Crippen molar-refractivity contribution in [2.24, 2.45) is 0 Å². The zero-order valence-corrected chi connectivity index (χ0v) is 10.4. The molecule has 0 spiro atoms. The molecule has 0 saturated heterocycles. The Morgan fingerprint density at radius 3 is 2.71 bits per heavy atom. The van der Waals surface area contributed by atoms with Gasteiger partial charge in [-0.3, -0.25) is 0 Å². The minimum Gasteiger partial charge on any atom is -0.479 e. The van der Waals surface area contributed by atoms with Crippen molar-refractivity contribution >= 4 is 15.9 Å². The summed E-state index contributed by atoms with van der Waals surface area (Å²) in [5, 5.41) is 0.160. The second kappa shape index (κ2) is 3.27. The van der Waals surface area contributed by atoms with Gasteiger partial charge in [0.15, 0.2) is 5.01 Å². The predicted molar refractivity (Wildman–Crippen MR) is 62.2 cm³/mol. The molecule has 1 aromatic carbocycles. The van der Waals surface area contributed by atoms with Crippen LogP contribution in [0.1, 0.15) is 31.9 Å². The maximum atomic E-state index is 5.59. The maximum Gasteiger partial charge on any atom is 0.157 e. The zero-order chi connectivity index (χ0) is 10.3. The van der Waals surface area contributed by atoms with Crippen molar-refractivity contribution in [1.29, 1.82) is 0 Å². The summed E-state index contributed by atoms with van der Waals surface area (Å²) in [6, 6.07) is 6.50. The van der Waals surface area contributed by atoms with E-state index in [1.165, 1.54) is 11.1 Å². The Balaban J connectivity index is 2.38. The van der Waals surface area contributed by atoms with Gasteiger partial charge >= 0.3 is 0 Å². The normalized spacial score (nSPS) is 20.4. The van der Waals surface area contributed by atoms with Gasteiger partial charge in [0.2, 0.25) is 0 Å². The van der Waals surface area contributed by atoms with E-state index in [1.807, 2.05) is 0 Å². The van der Waals surface area contributed by atoms with E-state index in [9.17, 15) is 0 Å². The largest absolute Gasteiger partial charge is 0.479 e. The molecule has 1 heterocycles. The maximum absolute atomic E-state index is 5.59. The molecule has 0 N–H and O–H groups in total. The van der Waals surface area contributed by atoms with E-state index in [0.717, 1.165) is 12.2 Å². The lowest BCUT2D eigenvalue weighted by atomic mass is 9.86. The van der Waals surface area contributed by atoms with Crippen LogP contribution >= 0.6 is 15.9 Å². The van der Waals surface area contributed by atoms with Gasteiger partial charge in [-0.2, -0.15) is 0 Å². The summed E-state index contributed by atoms with van der Waals surface area (Å²) in [6.45, 7) is 6.70. The van der Waals surface area contributed by atoms with E-state index in [4.69, 9.17) is 4.74 Å². The summed E-state index contributed by atoms with van der Waals surface area (Å²) in [4.78, 5) is 0. The fourth-order valence-electron chi connectivity index (χ4n) is 1.67. The number of fused-ring (bicyclic) bond motifs is 1. The fraction of sp³-hybridized carbons (Fsp3) is 0.500. The SMILES string of the molecule is CC(C)(C)c1ccc2c(c1)CC(Br)O2. The molecule has 1 aromatic rings. The lowest BCUT2D eigenvalue weighted by Gasteiger charge is -2.19. The summed E-state index contributed by atoms with van der Waals surface area (Å²) in [5.74, 6) is 1.03. The van der Waals surface area contributed by atoms with Gasteiger partial charge in [-0.25, -0.2) is 0 Å². The number of hydrogen-bond acceptors (Lipinski definition) is 1. The highest BCUT2D eigenvalue weighted by molar-refractivity contribution is 9.09. The molecule has 1 atom stereocenters. The highest BCUT2D eigenvalue weighted by Gasteiger charge is 2.22. The molecule has 0 aliphatic carbocycles. The molecule has 1 unspecified atom stereocenters. The van der Waals surface area contributed by atoms with Gasteiger partial charge < -0.3 is 4.74 Å². The standard InChI is InChI=1S/C12H15BrO/c1-12(2,3)9-4-5-10-8(6-9)7-11(13)14-10/h4-6,11H,7H2,1-3H3. The van der Waals surface area contributed by atoms with E-state index in [1.54, 1.807) is 0 Å². The summed E-state index contributed by atoms with van der Waals surface area (Å²) < 4.78 is 5.59. The van der Waals surface area contributed by atoms with Gasteiger partial charge in [-0.1, -0.05) is 32.9 Å². The lowest BCUT2D eigenvalue weighted by Crippen LogP contribution is -2.10. The number of benzene rings is 1. The molecule has 0 radical (unpaired) electrons. The minimum atomic E-state index is 0.160. The monoisotopic (exact) mass is 254 g/mol. The van der Waals surface area contributed by atoms with Crippen LogP contribution in [-0.4, -0.2) is 5.01 Å². The summed E-state index contributed by atoms with van der Waals surface area (Å²) in [6.07, 6.45) is 0.971. The molecule has 1 nitrogen and oxygen atoms in total. The molecule has 14 heavy (non-hydrogen) atoms. The van der Waals surface area contributed by atoms with Gasteiger partial charge in [0.25, 0.3) is 0 Å². The Hall–Kier alpha value is -0.500. The third kappa shape index (κ3) is 1.81. The molecule has 1 aliphatic rings. The van der Waals surface area contributed by atoms with Crippen molar-refractivity contribution in [3.63, 3.8) is 0 Å². The van der Waals surface area contributed by atoms with Crippen LogP contribution in [0, 0.1) is 0 Å². The minimum absolute atomic E-state index is 0.160. The Morgan fingerprint density at radius 1 is 1.36 bits per heavy atom. The van der Waals surface area contributed by atoms with Crippen molar-refractivity contribution in [2.45, 2.75) is 37.6 Å². The molecule has 0 bridgehead atoms. The van der Waals surface area contributed by atoms with Crippen molar-refractivity contribution in [2.75, 3.05) is 0 Å². The van der Waals surface area contributed by atoms with Gasteiger partial charge in [0, 0.05) is 6.42 Å². The van der Waals surface area contributed by atoms with Crippen LogP contribution in [0.4, 0.5) is 0 Å². The average Bonchev–Trinajstić information content (AvgIpc) is 2.41. The van der Waals surface area contributed by atoms with E-state index in [-0.39, 0.29) is 10.4 Å². The molecule has 2 rings (SSSR count). The Bertz CT molecular complexity index is 352. The van der Waals surface area contributed by atoms with Crippen LogP contribution in [0.15, 0.2) is 18.2 Å². The van der Waals surface area contributed by atoms with Gasteiger partial charge in [-0.15, -0.1) is 0 Å². The first kappa shape index (κ1) is 10.0. The molecule has 76 valence electrons. The second-order valence-corrected chi connectivity index (χ2v) is 5.83. The molecular weight excluding hydrogens is 240 g/mol. The van der Waals surface area contributed by atoms with Gasteiger partial charge in [0.1, 0.15) is 5.75 Å². The molecule has 0 fully saturated rings. The quantitative estimate of drug-likeness (QED) is 0.643. The summed E-state index contributed by atoms with van der Waals surface area (Å²) >= 11 is 3.47. The number of alkyl halides is 1.